The van der Waals surface area contributed by atoms with E-state index in [9.17, 15) is 18.4 Å². The molecule has 0 unspecified atom stereocenters. The number of rotatable bonds is 9. The Morgan fingerprint density at radius 2 is 1.65 bits per heavy atom. The zero-order chi connectivity index (χ0) is 18.8. The lowest BCUT2D eigenvalue weighted by Crippen LogP contribution is -2.21. The summed E-state index contributed by atoms with van der Waals surface area (Å²) in [6.45, 7) is -3.24. The molecule has 26 heavy (non-hydrogen) atoms. The number of amides is 1. The van der Waals surface area contributed by atoms with Crippen molar-refractivity contribution in [2.75, 3.05) is 18.5 Å². The number of hydrogen-bond donors (Lipinski definition) is 1. The molecule has 0 aliphatic carbocycles. The van der Waals surface area contributed by atoms with Crippen molar-refractivity contribution in [1.29, 1.82) is 0 Å². The maximum Gasteiger partial charge on any atom is 0.387 e. The summed E-state index contributed by atoms with van der Waals surface area (Å²) in [6.07, 6.45) is 0.00182. The molecule has 138 valence electrons. The Labute approximate surface area is 148 Å². The van der Waals surface area contributed by atoms with Gasteiger partial charge in [-0.15, -0.1) is 0 Å². The normalized spacial score (nSPS) is 10.3. The predicted molar refractivity (Wildman–Crippen MR) is 89.2 cm³/mol. The molecule has 0 heterocycles. The number of para-hydroxylation sites is 1. The Bertz CT molecular complexity index is 707. The molecule has 0 saturated heterocycles. The van der Waals surface area contributed by atoms with Crippen LogP contribution >= 0.6 is 0 Å². The van der Waals surface area contributed by atoms with Crippen molar-refractivity contribution in [3.8, 4) is 11.5 Å². The van der Waals surface area contributed by atoms with Crippen molar-refractivity contribution in [2.24, 2.45) is 0 Å². The van der Waals surface area contributed by atoms with Crippen LogP contribution in [0.5, 0.6) is 11.5 Å². The van der Waals surface area contributed by atoms with Crippen molar-refractivity contribution >= 4 is 17.6 Å². The summed E-state index contributed by atoms with van der Waals surface area (Å²) in [5.74, 6) is -0.512. The molecule has 0 spiro atoms. The summed E-state index contributed by atoms with van der Waals surface area (Å²) in [7, 11) is 0. The highest BCUT2D eigenvalue weighted by Gasteiger charge is 2.09. The second kappa shape index (κ2) is 9.97. The van der Waals surface area contributed by atoms with Gasteiger partial charge >= 0.3 is 12.6 Å². The van der Waals surface area contributed by atoms with Crippen LogP contribution in [0, 0.1) is 0 Å². The van der Waals surface area contributed by atoms with Crippen LogP contribution in [0.2, 0.25) is 0 Å². The summed E-state index contributed by atoms with van der Waals surface area (Å²) >= 11 is 0. The fourth-order valence-electron chi connectivity index (χ4n) is 1.90. The molecule has 0 atom stereocenters. The van der Waals surface area contributed by atoms with Gasteiger partial charge < -0.3 is 19.5 Å². The number of halogens is 2. The molecule has 1 N–H and O–H groups in total. The van der Waals surface area contributed by atoms with Gasteiger partial charge in [-0.3, -0.25) is 9.59 Å². The SMILES string of the molecule is O=C(COC(=O)CCOc1ccccc1)Nc1ccc(OC(F)F)cc1. The molecule has 1 amide bonds. The van der Waals surface area contributed by atoms with Gasteiger partial charge in [0.2, 0.25) is 0 Å². The van der Waals surface area contributed by atoms with E-state index in [-0.39, 0.29) is 18.8 Å². The van der Waals surface area contributed by atoms with Crippen molar-refractivity contribution in [2.45, 2.75) is 13.0 Å². The first-order valence-corrected chi connectivity index (χ1v) is 7.71. The maximum absolute atomic E-state index is 12.0. The van der Waals surface area contributed by atoms with Crippen LogP contribution in [0.25, 0.3) is 0 Å². The van der Waals surface area contributed by atoms with E-state index in [4.69, 9.17) is 9.47 Å². The van der Waals surface area contributed by atoms with E-state index >= 15 is 0 Å². The van der Waals surface area contributed by atoms with Crippen LogP contribution in [0.1, 0.15) is 6.42 Å². The van der Waals surface area contributed by atoms with Crippen molar-refractivity contribution in [3.05, 3.63) is 54.6 Å². The average molecular weight is 365 g/mol. The largest absolute Gasteiger partial charge is 0.493 e. The molecular formula is C18H17F2NO5. The zero-order valence-electron chi connectivity index (χ0n) is 13.7. The highest BCUT2D eigenvalue weighted by atomic mass is 19.3. The second-order valence-electron chi connectivity index (χ2n) is 5.02. The quantitative estimate of drug-likeness (QED) is 0.691. The topological polar surface area (TPSA) is 73.9 Å². The average Bonchev–Trinajstić information content (AvgIpc) is 2.62. The minimum Gasteiger partial charge on any atom is -0.493 e. The van der Waals surface area contributed by atoms with Crippen molar-refractivity contribution < 1.29 is 32.6 Å². The fourth-order valence-corrected chi connectivity index (χ4v) is 1.90. The lowest BCUT2D eigenvalue weighted by Gasteiger charge is -2.09. The third-order valence-corrected chi connectivity index (χ3v) is 3.05. The van der Waals surface area contributed by atoms with Crippen LogP contribution < -0.4 is 14.8 Å². The van der Waals surface area contributed by atoms with Crippen LogP contribution in [0.3, 0.4) is 0 Å². The van der Waals surface area contributed by atoms with Gasteiger partial charge in [-0.1, -0.05) is 18.2 Å². The van der Waals surface area contributed by atoms with E-state index in [0.29, 0.717) is 11.4 Å². The van der Waals surface area contributed by atoms with Gasteiger partial charge in [-0.2, -0.15) is 8.78 Å². The molecule has 2 aromatic rings. The van der Waals surface area contributed by atoms with Gasteiger partial charge in [-0.25, -0.2) is 0 Å². The van der Waals surface area contributed by atoms with Crippen LogP contribution in [-0.4, -0.2) is 31.7 Å². The first-order chi connectivity index (χ1) is 12.5. The summed E-state index contributed by atoms with van der Waals surface area (Å²) in [5, 5.41) is 2.47. The Morgan fingerprint density at radius 3 is 2.31 bits per heavy atom. The van der Waals surface area contributed by atoms with Gasteiger partial charge in [-0.05, 0) is 36.4 Å². The van der Waals surface area contributed by atoms with E-state index in [0.717, 1.165) is 0 Å². The lowest BCUT2D eigenvalue weighted by atomic mass is 10.3. The minimum absolute atomic E-state index is 0.00182. The Morgan fingerprint density at radius 1 is 0.962 bits per heavy atom. The molecule has 0 aromatic heterocycles. The predicted octanol–water partition coefficient (Wildman–Crippen LogP) is 3.24. The number of benzene rings is 2. The molecule has 0 radical (unpaired) electrons. The number of alkyl halides is 2. The molecule has 0 fully saturated rings. The van der Waals surface area contributed by atoms with Gasteiger partial charge in [0.25, 0.3) is 5.91 Å². The highest BCUT2D eigenvalue weighted by Crippen LogP contribution is 2.17. The molecule has 6 nitrogen and oxygen atoms in total. The first kappa shape index (κ1) is 19.2. The standard InChI is InChI=1S/C18H17F2NO5/c19-18(20)26-15-8-6-13(7-9-15)21-16(22)12-25-17(23)10-11-24-14-4-2-1-3-5-14/h1-9,18H,10-12H2,(H,21,22). The van der Waals surface area contributed by atoms with Gasteiger partial charge in [0.05, 0.1) is 13.0 Å². The van der Waals surface area contributed by atoms with Crippen LogP contribution in [0.4, 0.5) is 14.5 Å². The molecular weight excluding hydrogens is 348 g/mol. The Balaban J connectivity index is 1.65. The van der Waals surface area contributed by atoms with E-state index in [1.54, 1.807) is 12.1 Å². The molecule has 2 rings (SSSR count). The molecule has 0 aliphatic heterocycles. The first-order valence-electron chi connectivity index (χ1n) is 7.71. The Kier molecular flexibility index (Phi) is 7.35. The summed E-state index contributed by atoms with van der Waals surface area (Å²) < 4.78 is 38.5. The third kappa shape index (κ3) is 7.16. The maximum atomic E-state index is 12.0. The minimum atomic E-state index is -2.92. The van der Waals surface area contributed by atoms with E-state index in [1.165, 1.54) is 24.3 Å². The van der Waals surface area contributed by atoms with E-state index in [2.05, 4.69) is 10.1 Å². The van der Waals surface area contributed by atoms with E-state index in [1.807, 2.05) is 18.2 Å². The lowest BCUT2D eigenvalue weighted by molar-refractivity contribution is -0.147. The Hall–Kier alpha value is -3.16. The smallest absolute Gasteiger partial charge is 0.387 e. The third-order valence-electron chi connectivity index (χ3n) is 3.05. The van der Waals surface area contributed by atoms with Crippen molar-refractivity contribution in [1.82, 2.24) is 0 Å². The summed E-state index contributed by atoms with van der Waals surface area (Å²) in [4.78, 5) is 23.3. The molecule has 2 aromatic carbocycles. The number of esters is 1. The number of anilines is 1. The van der Waals surface area contributed by atoms with Gasteiger partial charge in [0.15, 0.2) is 6.61 Å². The second-order valence-corrected chi connectivity index (χ2v) is 5.02. The zero-order valence-corrected chi connectivity index (χ0v) is 13.7. The highest BCUT2D eigenvalue weighted by molar-refractivity contribution is 5.92. The number of ether oxygens (including phenoxy) is 3. The van der Waals surface area contributed by atoms with Gasteiger partial charge in [0.1, 0.15) is 11.5 Å². The summed E-state index contributed by atoms with van der Waals surface area (Å²) in [6, 6.07) is 14.3. The van der Waals surface area contributed by atoms with Crippen LogP contribution in [0.15, 0.2) is 54.6 Å². The van der Waals surface area contributed by atoms with Crippen molar-refractivity contribution in [3.63, 3.8) is 0 Å². The number of nitrogens with one attached hydrogen (secondary N) is 1. The van der Waals surface area contributed by atoms with Crippen LogP contribution in [-0.2, 0) is 14.3 Å². The number of hydrogen-bond acceptors (Lipinski definition) is 5. The number of carbonyl (C=O) groups excluding carboxylic acids is 2. The van der Waals surface area contributed by atoms with E-state index < -0.39 is 25.1 Å². The molecule has 0 bridgehead atoms. The monoisotopic (exact) mass is 365 g/mol. The fraction of sp³-hybridized carbons (Fsp3) is 0.222. The number of carbonyl (C=O) groups is 2. The molecule has 8 heteroatoms. The molecule has 0 saturated carbocycles. The molecule has 0 aliphatic rings. The summed E-state index contributed by atoms with van der Waals surface area (Å²) in [5.41, 5.74) is 0.361. The van der Waals surface area contributed by atoms with Gasteiger partial charge in [0, 0.05) is 5.69 Å².